The lowest BCUT2D eigenvalue weighted by atomic mass is 9.96. The molecule has 2 atom stereocenters. The first kappa shape index (κ1) is 27.5. The molecule has 164 valence electrons. The third-order valence-corrected chi connectivity index (χ3v) is 15.3. The van der Waals surface area contributed by atoms with Crippen LogP contribution in [0.5, 0.6) is 0 Å². The van der Waals surface area contributed by atoms with Crippen molar-refractivity contribution in [1.82, 2.24) is 0 Å². The Morgan fingerprint density at radius 3 is 1.81 bits per heavy atom. The molecule has 0 bridgehead atoms. The average Bonchev–Trinajstić information content (AvgIpc) is 2.42. The molecule has 0 heterocycles. The lowest BCUT2D eigenvalue weighted by Gasteiger charge is -2.38. The van der Waals surface area contributed by atoms with E-state index in [1.165, 1.54) is 0 Å². The second-order valence-corrected chi connectivity index (χ2v) is 23.3. The second kappa shape index (κ2) is 10.5. The van der Waals surface area contributed by atoms with Crippen LogP contribution < -0.4 is 0 Å². The molecule has 0 saturated carbocycles. The average molecular weight is 437 g/mol. The summed E-state index contributed by atoms with van der Waals surface area (Å²) in [5.41, 5.74) is -0.736. The van der Waals surface area contributed by atoms with Gasteiger partial charge in [-0.05, 0) is 91.4 Å². The first-order valence-corrected chi connectivity index (χ1v) is 20.1. The van der Waals surface area contributed by atoms with Crippen molar-refractivity contribution in [3.63, 3.8) is 0 Å². The summed E-state index contributed by atoms with van der Waals surface area (Å²) in [6, 6.07) is 1.13. The summed E-state index contributed by atoms with van der Waals surface area (Å²) < 4.78 is 19.2. The van der Waals surface area contributed by atoms with Gasteiger partial charge in [-0.15, -0.1) is 0 Å². The minimum absolute atomic E-state index is 0.115. The minimum atomic E-state index is -2.06. The van der Waals surface area contributed by atoms with Gasteiger partial charge in [0.05, 0.1) is 17.8 Å². The zero-order chi connectivity index (χ0) is 21.6. The van der Waals surface area contributed by atoms with Gasteiger partial charge in [0.15, 0.2) is 16.6 Å². The van der Waals surface area contributed by atoms with Gasteiger partial charge in [0.25, 0.3) is 0 Å². The Kier molecular flexibility index (Phi) is 10.7. The smallest absolute Gasteiger partial charge is 0.311 e. The van der Waals surface area contributed by atoms with Gasteiger partial charge in [-0.1, -0.05) is 20.3 Å². The fraction of sp³-hybridized carbons (Fsp3) is 1.00. The van der Waals surface area contributed by atoms with Crippen molar-refractivity contribution in [2.75, 3.05) is 6.61 Å². The molecular weight excluding hydrogens is 388 g/mol. The van der Waals surface area contributed by atoms with Crippen molar-refractivity contribution in [3.05, 3.63) is 0 Å². The SMILES string of the molecule is CCC(C)(O)CCOC(C)(CC)CCC[Si](C)(C)O[Si](C)(C)O[Si](C)(C)C. The Labute approximate surface area is 172 Å². The van der Waals surface area contributed by atoms with E-state index in [-0.39, 0.29) is 5.60 Å². The predicted molar refractivity (Wildman–Crippen MR) is 125 cm³/mol. The molecule has 27 heavy (non-hydrogen) atoms. The van der Waals surface area contributed by atoms with Crippen LogP contribution in [0.4, 0.5) is 0 Å². The van der Waals surface area contributed by atoms with Gasteiger partial charge in [-0.3, -0.25) is 0 Å². The maximum Gasteiger partial charge on any atom is 0.311 e. The molecule has 0 radical (unpaired) electrons. The van der Waals surface area contributed by atoms with E-state index in [1.54, 1.807) is 0 Å². The Bertz CT molecular complexity index is 433. The highest BCUT2D eigenvalue weighted by Crippen LogP contribution is 2.29. The molecule has 0 aromatic rings. The first-order chi connectivity index (χ1) is 11.9. The van der Waals surface area contributed by atoms with E-state index in [1.807, 2.05) is 13.8 Å². The van der Waals surface area contributed by atoms with Crippen LogP contribution >= 0.6 is 0 Å². The molecule has 0 aromatic carbocycles. The lowest BCUT2D eigenvalue weighted by Crippen LogP contribution is -2.51. The van der Waals surface area contributed by atoms with Crippen LogP contribution in [0.15, 0.2) is 0 Å². The summed E-state index contributed by atoms with van der Waals surface area (Å²) in [5, 5.41) is 10.2. The molecule has 0 aliphatic carbocycles. The van der Waals surface area contributed by atoms with Crippen LogP contribution in [0, 0.1) is 0 Å². The third kappa shape index (κ3) is 13.4. The molecule has 0 spiro atoms. The van der Waals surface area contributed by atoms with Crippen LogP contribution in [0.2, 0.25) is 51.9 Å². The number of ether oxygens (including phenoxy) is 1. The van der Waals surface area contributed by atoms with Crippen molar-refractivity contribution < 1.29 is 18.1 Å². The summed E-state index contributed by atoms with van der Waals surface area (Å²) in [6.45, 7) is 24.6. The van der Waals surface area contributed by atoms with E-state index in [9.17, 15) is 5.11 Å². The zero-order valence-electron chi connectivity index (χ0n) is 20.1. The van der Waals surface area contributed by atoms with Crippen molar-refractivity contribution >= 4 is 25.2 Å². The second-order valence-electron chi connectivity index (χ2n) is 10.6. The summed E-state index contributed by atoms with van der Waals surface area (Å²) in [4.78, 5) is 0. The fourth-order valence-corrected chi connectivity index (χ4v) is 16.6. The van der Waals surface area contributed by atoms with Gasteiger partial charge in [0, 0.05) is 0 Å². The molecule has 4 nitrogen and oxygen atoms in total. The molecule has 7 heteroatoms. The quantitative estimate of drug-likeness (QED) is 0.326. The number of rotatable bonds is 14. The van der Waals surface area contributed by atoms with Gasteiger partial charge >= 0.3 is 8.56 Å². The van der Waals surface area contributed by atoms with E-state index < -0.39 is 30.8 Å². The topological polar surface area (TPSA) is 47.9 Å². The number of hydrogen-bond acceptors (Lipinski definition) is 4. The molecule has 0 amide bonds. The van der Waals surface area contributed by atoms with Crippen LogP contribution in [-0.2, 0) is 13.0 Å². The molecule has 0 aliphatic heterocycles. The van der Waals surface area contributed by atoms with E-state index in [4.69, 9.17) is 13.0 Å². The Balaban J connectivity index is 4.53. The molecule has 0 aromatic heterocycles. The molecule has 2 unspecified atom stereocenters. The maximum absolute atomic E-state index is 10.2. The Morgan fingerprint density at radius 1 is 0.815 bits per heavy atom. The Morgan fingerprint density at radius 2 is 1.37 bits per heavy atom. The van der Waals surface area contributed by atoms with E-state index in [0.29, 0.717) is 13.0 Å². The van der Waals surface area contributed by atoms with Gasteiger partial charge in [0.1, 0.15) is 0 Å². The highest BCUT2D eigenvalue weighted by Gasteiger charge is 2.38. The van der Waals surface area contributed by atoms with Crippen molar-refractivity contribution in [2.45, 2.75) is 123 Å². The van der Waals surface area contributed by atoms with Crippen LogP contribution in [0.3, 0.4) is 0 Å². The summed E-state index contributed by atoms with van der Waals surface area (Å²) in [5.74, 6) is 0. The maximum atomic E-state index is 10.2. The fourth-order valence-electron chi connectivity index (χ4n) is 3.41. The molecule has 0 aliphatic rings. The zero-order valence-corrected chi connectivity index (χ0v) is 23.1. The summed E-state index contributed by atoms with van der Waals surface area (Å²) >= 11 is 0. The largest absolute Gasteiger partial charge is 0.437 e. The predicted octanol–water partition coefficient (Wildman–Crippen LogP) is 6.28. The number of aliphatic hydroxyl groups is 1. The molecule has 0 fully saturated rings. The van der Waals surface area contributed by atoms with E-state index in [2.05, 4.69) is 59.7 Å². The molecular formula is C20H48O4Si3. The highest BCUT2D eigenvalue weighted by atomic mass is 28.5. The number of hydrogen-bond donors (Lipinski definition) is 1. The van der Waals surface area contributed by atoms with Gasteiger partial charge in [-0.2, -0.15) is 0 Å². The monoisotopic (exact) mass is 436 g/mol. The van der Waals surface area contributed by atoms with Crippen LogP contribution in [0.1, 0.15) is 59.8 Å². The van der Waals surface area contributed by atoms with Crippen molar-refractivity contribution in [1.29, 1.82) is 0 Å². The normalized spacial score (nSPS) is 18.2. The lowest BCUT2D eigenvalue weighted by molar-refractivity contribution is -0.0673. The van der Waals surface area contributed by atoms with E-state index in [0.717, 1.165) is 31.7 Å². The first-order valence-electron chi connectivity index (χ1n) is 10.7. The minimum Gasteiger partial charge on any atom is -0.437 e. The third-order valence-electron chi connectivity index (χ3n) is 5.16. The van der Waals surface area contributed by atoms with Gasteiger partial charge < -0.3 is 18.1 Å². The van der Waals surface area contributed by atoms with Gasteiger partial charge in [-0.25, -0.2) is 0 Å². The van der Waals surface area contributed by atoms with E-state index >= 15 is 0 Å². The van der Waals surface area contributed by atoms with Crippen LogP contribution in [-0.4, -0.2) is 48.1 Å². The summed E-state index contributed by atoms with van der Waals surface area (Å²) in [7, 11) is -5.39. The van der Waals surface area contributed by atoms with Crippen LogP contribution in [0.25, 0.3) is 0 Å². The molecule has 0 rings (SSSR count). The molecule has 1 N–H and O–H groups in total. The van der Waals surface area contributed by atoms with Crippen molar-refractivity contribution in [2.24, 2.45) is 0 Å². The summed E-state index contributed by atoms with van der Waals surface area (Å²) in [6.07, 6.45) is 4.59. The standard InChI is InChI=1S/C20H48O4Si3/c1-12-19(3,21)16-17-22-20(4,13-2)15-14-18-26(8,9)24-27(10,11)23-25(5,6)7/h21H,12-18H2,1-11H3. The Hall–Kier alpha value is 0.491. The molecule has 0 saturated heterocycles. The van der Waals surface area contributed by atoms with Crippen molar-refractivity contribution in [3.8, 4) is 0 Å². The highest BCUT2D eigenvalue weighted by molar-refractivity contribution is 6.87. The van der Waals surface area contributed by atoms with Gasteiger partial charge in [0.2, 0.25) is 0 Å².